The van der Waals surface area contributed by atoms with Crippen molar-refractivity contribution >= 4 is 26.9 Å². The maximum atomic E-state index is 12.2. The minimum absolute atomic E-state index is 0.232. The zero-order valence-corrected chi connectivity index (χ0v) is 18.2. The largest absolute Gasteiger partial charge is 0.361 e. The van der Waals surface area contributed by atoms with Crippen molar-refractivity contribution in [3.63, 3.8) is 0 Å². The highest BCUT2D eigenvalue weighted by Gasteiger charge is 2.12. The summed E-state index contributed by atoms with van der Waals surface area (Å²) in [6.45, 7) is 6.11. The fraction of sp³-hybridized carbons (Fsp3) is 0.318. The Morgan fingerprint density at radius 1 is 1.07 bits per heavy atom. The number of aryl methyl sites for hydroxylation is 1. The van der Waals surface area contributed by atoms with E-state index in [0.29, 0.717) is 12.5 Å². The Hall–Kier alpha value is -2.84. The van der Waals surface area contributed by atoms with Gasteiger partial charge in [-0.25, -0.2) is 13.1 Å². The third-order valence-corrected chi connectivity index (χ3v) is 6.16. The van der Waals surface area contributed by atoms with Crippen LogP contribution in [0.25, 0.3) is 10.9 Å². The highest BCUT2D eigenvalue weighted by molar-refractivity contribution is 7.89. The quantitative estimate of drug-likeness (QED) is 0.240. The second-order valence-corrected chi connectivity index (χ2v) is 8.78. The Labute approximate surface area is 178 Å². The number of sulfonamides is 1. The third kappa shape index (κ3) is 5.84. The number of aromatic nitrogens is 1. The summed E-state index contributed by atoms with van der Waals surface area (Å²) >= 11 is 0. The Balaban J connectivity index is 1.50. The van der Waals surface area contributed by atoms with Crippen molar-refractivity contribution in [1.29, 1.82) is 0 Å². The number of guanidine groups is 1. The molecule has 1 heterocycles. The number of hydrogen-bond donors (Lipinski definition) is 4. The lowest BCUT2D eigenvalue weighted by atomic mass is 10.1. The predicted molar refractivity (Wildman–Crippen MR) is 122 cm³/mol. The van der Waals surface area contributed by atoms with Crippen LogP contribution in [0.3, 0.4) is 0 Å². The highest BCUT2D eigenvalue weighted by Crippen LogP contribution is 2.19. The van der Waals surface area contributed by atoms with E-state index in [1.54, 1.807) is 30.3 Å². The van der Waals surface area contributed by atoms with Crippen molar-refractivity contribution in [2.24, 2.45) is 4.99 Å². The molecule has 0 spiro atoms. The van der Waals surface area contributed by atoms with Gasteiger partial charge in [0.25, 0.3) is 0 Å². The minimum Gasteiger partial charge on any atom is -0.361 e. The van der Waals surface area contributed by atoms with Crippen LogP contribution in [0.2, 0.25) is 0 Å². The van der Waals surface area contributed by atoms with Crippen molar-refractivity contribution in [2.75, 3.05) is 26.2 Å². The number of aromatic amines is 1. The molecule has 0 saturated carbocycles. The summed E-state index contributed by atoms with van der Waals surface area (Å²) in [5.74, 6) is 0.673. The van der Waals surface area contributed by atoms with Gasteiger partial charge in [-0.1, -0.05) is 30.3 Å². The van der Waals surface area contributed by atoms with Crippen LogP contribution in [-0.4, -0.2) is 45.5 Å². The molecule has 1 aromatic heterocycles. The maximum Gasteiger partial charge on any atom is 0.240 e. The van der Waals surface area contributed by atoms with Gasteiger partial charge in [0.1, 0.15) is 0 Å². The molecule has 0 saturated heterocycles. The summed E-state index contributed by atoms with van der Waals surface area (Å²) in [4.78, 5) is 8.04. The number of nitrogens with one attached hydrogen (secondary N) is 4. The smallest absolute Gasteiger partial charge is 0.240 e. The monoisotopic (exact) mass is 427 g/mol. The molecule has 3 rings (SSSR count). The standard InChI is InChI=1S/C22H29N5O2S/c1-3-23-22(25-13-14-27-30(28,29)19-7-5-4-6-8-19)24-12-11-18-16-26-21-15-17(2)9-10-20(18)21/h4-10,15-16,26-27H,3,11-14H2,1-2H3,(H2,23,24,25). The molecule has 8 heteroatoms. The fourth-order valence-electron chi connectivity index (χ4n) is 3.19. The first-order valence-corrected chi connectivity index (χ1v) is 11.6. The average Bonchev–Trinajstić information content (AvgIpc) is 3.13. The second-order valence-electron chi connectivity index (χ2n) is 7.01. The van der Waals surface area contributed by atoms with Crippen LogP contribution in [0.15, 0.2) is 64.6 Å². The molecule has 160 valence electrons. The number of benzene rings is 2. The predicted octanol–water partition coefficient (Wildman–Crippen LogP) is 2.55. The molecule has 7 nitrogen and oxygen atoms in total. The Kier molecular flexibility index (Phi) is 7.48. The summed E-state index contributed by atoms with van der Waals surface area (Å²) in [5, 5.41) is 7.74. The lowest BCUT2D eigenvalue weighted by molar-refractivity contribution is 0.582. The first kappa shape index (κ1) is 21.9. The number of aliphatic imine (C=N–C) groups is 1. The molecule has 0 radical (unpaired) electrons. The summed E-state index contributed by atoms with van der Waals surface area (Å²) in [5.41, 5.74) is 3.64. The average molecular weight is 428 g/mol. The van der Waals surface area contributed by atoms with Crippen molar-refractivity contribution in [3.8, 4) is 0 Å². The number of nitrogens with zero attached hydrogens (tertiary/aromatic N) is 1. The lowest BCUT2D eigenvalue weighted by Crippen LogP contribution is -2.39. The SMILES string of the molecule is CCNC(=NCCNS(=O)(=O)c1ccccc1)NCCc1c[nH]c2cc(C)ccc12. The van der Waals surface area contributed by atoms with E-state index in [-0.39, 0.29) is 11.4 Å². The number of hydrogen-bond acceptors (Lipinski definition) is 3. The molecule has 0 fully saturated rings. The third-order valence-electron chi connectivity index (χ3n) is 4.68. The van der Waals surface area contributed by atoms with E-state index in [2.05, 4.69) is 50.5 Å². The van der Waals surface area contributed by atoms with Gasteiger partial charge in [0.2, 0.25) is 10.0 Å². The van der Waals surface area contributed by atoms with Gasteiger partial charge >= 0.3 is 0 Å². The van der Waals surface area contributed by atoms with Gasteiger partial charge in [0.15, 0.2) is 5.96 Å². The molecule has 0 aliphatic rings. The molecule has 0 aliphatic carbocycles. The second kappa shape index (κ2) is 10.3. The summed E-state index contributed by atoms with van der Waals surface area (Å²) in [6, 6.07) is 14.8. The van der Waals surface area contributed by atoms with E-state index < -0.39 is 10.0 Å². The maximum absolute atomic E-state index is 12.2. The van der Waals surface area contributed by atoms with Crippen LogP contribution >= 0.6 is 0 Å². The van der Waals surface area contributed by atoms with Crippen LogP contribution in [0.1, 0.15) is 18.1 Å². The number of fused-ring (bicyclic) bond motifs is 1. The van der Waals surface area contributed by atoms with E-state index >= 15 is 0 Å². The van der Waals surface area contributed by atoms with Gasteiger partial charge in [-0.2, -0.15) is 0 Å². The fourth-order valence-corrected chi connectivity index (χ4v) is 4.24. The molecular weight excluding hydrogens is 398 g/mol. The highest BCUT2D eigenvalue weighted by atomic mass is 32.2. The molecule has 0 amide bonds. The van der Waals surface area contributed by atoms with Crippen molar-refractivity contribution in [3.05, 3.63) is 65.9 Å². The Bertz CT molecular complexity index is 1090. The van der Waals surface area contributed by atoms with Crippen LogP contribution < -0.4 is 15.4 Å². The molecule has 4 N–H and O–H groups in total. The molecule has 0 aliphatic heterocycles. The summed E-state index contributed by atoms with van der Waals surface area (Å²) in [6.07, 6.45) is 2.91. The minimum atomic E-state index is -3.50. The van der Waals surface area contributed by atoms with Crippen molar-refractivity contribution in [2.45, 2.75) is 25.2 Å². The van der Waals surface area contributed by atoms with Gasteiger partial charge in [0.05, 0.1) is 11.4 Å². The van der Waals surface area contributed by atoms with Crippen molar-refractivity contribution < 1.29 is 8.42 Å². The lowest BCUT2D eigenvalue weighted by Gasteiger charge is -2.11. The molecule has 30 heavy (non-hydrogen) atoms. The Morgan fingerprint density at radius 2 is 1.87 bits per heavy atom. The molecule has 0 unspecified atom stereocenters. The Morgan fingerprint density at radius 3 is 2.63 bits per heavy atom. The van der Waals surface area contributed by atoms with E-state index in [1.807, 2.05) is 13.1 Å². The van der Waals surface area contributed by atoms with Gasteiger partial charge in [-0.15, -0.1) is 0 Å². The normalized spacial score (nSPS) is 12.3. The van der Waals surface area contributed by atoms with Gasteiger partial charge < -0.3 is 15.6 Å². The first-order valence-electron chi connectivity index (χ1n) is 10.1. The molecule has 0 bridgehead atoms. The van der Waals surface area contributed by atoms with E-state index in [1.165, 1.54) is 16.5 Å². The van der Waals surface area contributed by atoms with Gasteiger partial charge in [-0.3, -0.25) is 4.99 Å². The van der Waals surface area contributed by atoms with Crippen LogP contribution in [0, 0.1) is 6.92 Å². The molecule has 3 aromatic rings. The molecule has 2 aromatic carbocycles. The molecular formula is C22H29N5O2S. The molecule has 0 atom stereocenters. The van der Waals surface area contributed by atoms with Gasteiger partial charge in [-0.05, 0) is 49.6 Å². The van der Waals surface area contributed by atoms with Crippen LogP contribution in [-0.2, 0) is 16.4 Å². The van der Waals surface area contributed by atoms with Crippen molar-refractivity contribution in [1.82, 2.24) is 20.3 Å². The zero-order chi connectivity index (χ0) is 21.4. The van der Waals surface area contributed by atoms with Crippen LogP contribution in [0.5, 0.6) is 0 Å². The van der Waals surface area contributed by atoms with Gasteiger partial charge in [0, 0.05) is 36.7 Å². The zero-order valence-electron chi connectivity index (χ0n) is 17.4. The number of rotatable bonds is 9. The van der Waals surface area contributed by atoms with E-state index in [0.717, 1.165) is 25.0 Å². The first-order chi connectivity index (χ1) is 14.5. The summed E-state index contributed by atoms with van der Waals surface area (Å²) in [7, 11) is -3.50. The topological polar surface area (TPSA) is 98.4 Å². The van der Waals surface area contributed by atoms with E-state index in [9.17, 15) is 8.42 Å². The number of H-pyrrole nitrogens is 1. The summed E-state index contributed by atoms with van der Waals surface area (Å²) < 4.78 is 27.1. The van der Waals surface area contributed by atoms with Crippen LogP contribution in [0.4, 0.5) is 0 Å². The van der Waals surface area contributed by atoms with E-state index in [4.69, 9.17) is 0 Å².